The molecule has 4 nitrogen and oxygen atoms in total. The first-order chi connectivity index (χ1) is 6.91. The second-order valence-corrected chi connectivity index (χ2v) is 9.27. The molecule has 1 aliphatic heterocycles. The molecule has 9 heteroatoms. The average molecular weight is 372 g/mol. The summed E-state index contributed by atoms with van der Waals surface area (Å²) >= 11 is 18.9. The molecular formula is C7H6BrCl3O4S. The number of halogens is 4. The number of hydrogen-bond donors (Lipinski definition) is 0. The predicted molar refractivity (Wildman–Crippen MR) is 65.3 cm³/mol. The Labute approximate surface area is 116 Å². The molecule has 0 atom stereocenters. The van der Waals surface area contributed by atoms with Gasteiger partial charge in [0, 0.05) is 0 Å². The fourth-order valence-corrected chi connectivity index (χ4v) is 3.58. The van der Waals surface area contributed by atoms with Crippen LogP contribution in [0.3, 0.4) is 0 Å². The van der Waals surface area contributed by atoms with Crippen LogP contribution in [0.2, 0.25) is 0 Å². The van der Waals surface area contributed by atoms with Crippen LogP contribution in [0.15, 0.2) is 9.39 Å². The first kappa shape index (κ1) is 14.6. The molecule has 0 fully saturated rings. The van der Waals surface area contributed by atoms with E-state index in [1.54, 1.807) is 0 Å². The molecule has 0 aromatic heterocycles. The Hall–Kier alpha value is 0.510. The number of ether oxygens (including phenoxy) is 1. The van der Waals surface area contributed by atoms with Gasteiger partial charge in [-0.25, -0.2) is 13.2 Å². The first-order valence-electron chi connectivity index (χ1n) is 3.86. The fraction of sp³-hybridized carbons (Fsp3) is 0.571. The lowest BCUT2D eigenvalue weighted by Crippen LogP contribution is -2.24. The Morgan fingerprint density at radius 1 is 1.31 bits per heavy atom. The highest BCUT2D eigenvalue weighted by molar-refractivity contribution is 9.12. The average Bonchev–Trinajstić information content (AvgIpc) is 2.18. The smallest absolute Gasteiger partial charge is 0.351 e. The quantitative estimate of drug-likeness (QED) is 0.524. The van der Waals surface area contributed by atoms with Gasteiger partial charge >= 0.3 is 5.97 Å². The number of esters is 1. The Morgan fingerprint density at radius 2 is 1.75 bits per heavy atom. The third-order valence-electron chi connectivity index (χ3n) is 1.83. The second kappa shape index (κ2) is 4.02. The highest BCUT2D eigenvalue weighted by Gasteiger charge is 2.52. The minimum absolute atomic E-state index is 0.0383. The van der Waals surface area contributed by atoms with E-state index in [1.807, 2.05) is 0 Å². The molecule has 1 rings (SSSR count). The van der Waals surface area contributed by atoms with E-state index in [9.17, 15) is 13.2 Å². The maximum atomic E-state index is 11.8. The maximum absolute atomic E-state index is 11.8. The first-order valence-corrected chi connectivity index (χ1v) is 7.27. The summed E-state index contributed by atoms with van der Waals surface area (Å²) < 4.78 is 25.8. The maximum Gasteiger partial charge on any atom is 0.351 e. The molecule has 0 unspecified atom stereocenters. The van der Waals surface area contributed by atoms with E-state index in [-0.39, 0.29) is 4.48 Å². The van der Waals surface area contributed by atoms with Crippen molar-refractivity contribution in [1.82, 2.24) is 0 Å². The number of alkyl halides is 3. The number of hydrogen-bond acceptors (Lipinski definition) is 4. The molecule has 0 aromatic rings. The van der Waals surface area contributed by atoms with Gasteiger partial charge in [0.2, 0.25) is 9.84 Å². The van der Waals surface area contributed by atoms with E-state index >= 15 is 0 Å². The zero-order valence-electron chi connectivity index (χ0n) is 8.05. The van der Waals surface area contributed by atoms with Gasteiger partial charge in [0.05, 0.1) is 4.48 Å². The van der Waals surface area contributed by atoms with Crippen molar-refractivity contribution in [2.24, 2.45) is 0 Å². The molecule has 16 heavy (non-hydrogen) atoms. The van der Waals surface area contributed by atoms with Crippen molar-refractivity contribution >= 4 is 66.5 Å². The lowest BCUT2D eigenvalue weighted by molar-refractivity contribution is -0.143. The molecule has 1 heterocycles. The summed E-state index contributed by atoms with van der Waals surface area (Å²) in [5, 5.41) is 0. The minimum Gasteiger partial charge on any atom is -0.450 e. The molecular weight excluding hydrogens is 366 g/mol. The Balaban J connectivity index is 3.47. The van der Waals surface area contributed by atoms with Crippen LogP contribution >= 0.6 is 50.7 Å². The van der Waals surface area contributed by atoms with Crippen LogP contribution in [0.1, 0.15) is 13.8 Å². The van der Waals surface area contributed by atoms with E-state index in [0.717, 1.165) is 0 Å². The number of sulfone groups is 1. The van der Waals surface area contributed by atoms with Crippen molar-refractivity contribution in [3.05, 3.63) is 9.39 Å². The van der Waals surface area contributed by atoms with Gasteiger partial charge in [0.15, 0.2) is 4.91 Å². The third kappa shape index (κ3) is 2.22. The molecule has 0 N–H and O–H groups in total. The molecule has 0 aliphatic carbocycles. The van der Waals surface area contributed by atoms with Gasteiger partial charge in [-0.3, -0.25) is 0 Å². The summed E-state index contributed by atoms with van der Waals surface area (Å²) in [6.07, 6.45) is 0. The zero-order chi connectivity index (χ0) is 12.9. The highest BCUT2D eigenvalue weighted by Crippen LogP contribution is 2.45. The number of carbonyl (C=O) groups is 1. The topological polar surface area (TPSA) is 60.4 Å². The van der Waals surface area contributed by atoms with Gasteiger partial charge in [-0.15, -0.1) is 0 Å². The van der Waals surface area contributed by atoms with Gasteiger partial charge in [0.25, 0.3) is 3.12 Å². The van der Waals surface area contributed by atoms with Gasteiger partial charge in [0.1, 0.15) is 5.60 Å². The SMILES string of the molecule is CC1(C)OC(=O)C(S(=O)(=O)C(Cl)(Cl)Cl)=C1Br. The Bertz CT molecular complexity index is 474. The van der Waals surface area contributed by atoms with Gasteiger partial charge in [-0.2, -0.15) is 0 Å². The zero-order valence-corrected chi connectivity index (χ0v) is 12.7. The minimum atomic E-state index is -4.39. The van der Waals surface area contributed by atoms with E-state index in [1.165, 1.54) is 13.8 Å². The predicted octanol–water partition coefficient (Wildman–Crippen LogP) is 2.67. The van der Waals surface area contributed by atoms with Gasteiger partial charge < -0.3 is 4.74 Å². The van der Waals surface area contributed by atoms with Crippen LogP contribution in [0.25, 0.3) is 0 Å². The highest BCUT2D eigenvalue weighted by atomic mass is 79.9. The van der Waals surface area contributed by atoms with Gasteiger partial charge in [-0.1, -0.05) is 34.8 Å². The van der Waals surface area contributed by atoms with Crippen LogP contribution < -0.4 is 0 Å². The summed E-state index contributed by atoms with van der Waals surface area (Å²) in [5.41, 5.74) is -1.09. The molecule has 0 bridgehead atoms. The van der Waals surface area contributed by atoms with Crippen molar-refractivity contribution in [1.29, 1.82) is 0 Å². The van der Waals surface area contributed by atoms with Crippen LogP contribution in [0.5, 0.6) is 0 Å². The van der Waals surface area contributed by atoms with Crippen LogP contribution in [0, 0.1) is 0 Å². The fourth-order valence-electron chi connectivity index (χ4n) is 1.03. The van der Waals surface area contributed by atoms with E-state index < -0.39 is 29.4 Å². The summed E-state index contributed by atoms with van der Waals surface area (Å²) in [6.45, 7) is 3.02. The lowest BCUT2D eigenvalue weighted by Gasteiger charge is -2.16. The van der Waals surface area contributed by atoms with Crippen LogP contribution in [0.4, 0.5) is 0 Å². The number of cyclic esters (lactones) is 1. The van der Waals surface area contributed by atoms with E-state index in [4.69, 9.17) is 39.5 Å². The molecule has 1 aliphatic rings. The third-order valence-corrected chi connectivity index (χ3v) is 6.79. The summed E-state index contributed by atoms with van der Waals surface area (Å²) in [7, 11) is -4.39. The van der Waals surface area contributed by atoms with Crippen LogP contribution in [-0.2, 0) is 19.4 Å². The molecule has 0 amide bonds. The van der Waals surface area contributed by atoms with Crippen molar-refractivity contribution in [3.63, 3.8) is 0 Å². The van der Waals surface area contributed by atoms with E-state index in [2.05, 4.69) is 15.9 Å². The second-order valence-electron chi connectivity index (χ2n) is 3.49. The summed E-state index contributed by atoms with van der Waals surface area (Å²) in [6, 6.07) is 0. The van der Waals surface area contributed by atoms with E-state index in [0.29, 0.717) is 0 Å². The van der Waals surface area contributed by atoms with Crippen molar-refractivity contribution < 1.29 is 17.9 Å². The lowest BCUT2D eigenvalue weighted by atomic mass is 10.1. The van der Waals surface area contributed by atoms with Crippen molar-refractivity contribution in [2.75, 3.05) is 0 Å². The van der Waals surface area contributed by atoms with Gasteiger partial charge in [-0.05, 0) is 29.8 Å². The molecule has 0 aromatic carbocycles. The molecule has 0 radical (unpaired) electrons. The summed E-state index contributed by atoms with van der Waals surface area (Å²) in [5.74, 6) is -1.04. The monoisotopic (exact) mass is 370 g/mol. The summed E-state index contributed by atoms with van der Waals surface area (Å²) in [4.78, 5) is 10.8. The normalized spacial score (nSPS) is 21.2. The van der Waals surface area contributed by atoms with Crippen LogP contribution in [-0.4, -0.2) is 23.1 Å². The molecule has 0 spiro atoms. The molecule has 0 saturated heterocycles. The Morgan fingerprint density at radius 3 is 2.00 bits per heavy atom. The largest absolute Gasteiger partial charge is 0.450 e. The van der Waals surface area contributed by atoms with Crippen molar-refractivity contribution in [3.8, 4) is 0 Å². The number of rotatable bonds is 1. The standard InChI is InChI=1S/C7H6BrCl3O4S/c1-6(2)4(8)3(5(12)15-6)16(13,14)7(9,10)11/h1-2H3. The van der Waals surface area contributed by atoms with Crippen molar-refractivity contribution in [2.45, 2.75) is 22.6 Å². The molecule has 0 saturated carbocycles. The Kier molecular flexibility index (Phi) is 3.66. The molecule has 92 valence electrons. The number of carbonyl (C=O) groups excluding carboxylic acids is 1.